The summed E-state index contributed by atoms with van der Waals surface area (Å²) >= 11 is 0. The average Bonchev–Trinajstić information content (AvgIpc) is 2.49. The molecule has 1 saturated carbocycles. The van der Waals surface area contributed by atoms with Crippen molar-refractivity contribution in [1.82, 2.24) is 8.61 Å². The topological polar surface area (TPSA) is 75.9 Å². The number of hydrogen-bond acceptors (Lipinski definition) is 4. The second-order valence-electron chi connectivity index (χ2n) is 5.57. The molecule has 7 heteroatoms. The van der Waals surface area contributed by atoms with Gasteiger partial charge in [0.2, 0.25) is 0 Å². The van der Waals surface area contributed by atoms with Crippen LogP contribution in [0.2, 0.25) is 0 Å². The van der Waals surface area contributed by atoms with Gasteiger partial charge in [-0.15, -0.1) is 0 Å². The van der Waals surface area contributed by atoms with E-state index in [9.17, 15) is 8.42 Å². The Hall–Kier alpha value is -0.210. The number of ether oxygens (including phenoxy) is 1. The summed E-state index contributed by atoms with van der Waals surface area (Å²) in [5.74, 6) is 0.291. The zero-order chi connectivity index (χ0) is 14.6. The molecule has 2 atom stereocenters. The minimum absolute atomic E-state index is 0.0617. The zero-order valence-corrected chi connectivity index (χ0v) is 13.1. The standard InChI is InChI=1S/C13H27N3O3S/c1-2-16(13-6-4-3-5-12(13)11-14)20(17,18)15-7-9-19-10-8-15/h12-13H,2-11,14H2,1H3. The van der Waals surface area contributed by atoms with Crippen molar-refractivity contribution < 1.29 is 13.2 Å². The van der Waals surface area contributed by atoms with E-state index in [0.717, 1.165) is 25.7 Å². The van der Waals surface area contributed by atoms with Crippen molar-refractivity contribution in [3.8, 4) is 0 Å². The fourth-order valence-corrected chi connectivity index (χ4v) is 5.19. The van der Waals surface area contributed by atoms with E-state index in [1.165, 1.54) is 0 Å². The van der Waals surface area contributed by atoms with Crippen LogP contribution in [0.15, 0.2) is 0 Å². The normalized spacial score (nSPS) is 29.8. The molecule has 2 unspecified atom stereocenters. The summed E-state index contributed by atoms with van der Waals surface area (Å²) in [6.45, 7) is 4.89. The van der Waals surface area contributed by atoms with Crippen LogP contribution in [0.4, 0.5) is 0 Å². The molecule has 2 N–H and O–H groups in total. The molecule has 2 rings (SSSR count). The van der Waals surface area contributed by atoms with Crippen LogP contribution < -0.4 is 5.73 Å². The number of nitrogens with two attached hydrogens (primary N) is 1. The molecule has 2 fully saturated rings. The van der Waals surface area contributed by atoms with Crippen LogP contribution in [-0.2, 0) is 14.9 Å². The Morgan fingerprint density at radius 1 is 1.25 bits per heavy atom. The lowest BCUT2D eigenvalue weighted by atomic mass is 9.84. The largest absolute Gasteiger partial charge is 0.379 e. The zero-order valence-electron chi connectivity index (χ0n) is 12.3. The summed E-state index contributed by atoms with van der Waals surface area (Å²) < 4.78 is 34.2. The molecule has 0 amide bonds. The molecular formula is C13H27N3O3S. The van der Waals surface area contributed by atoms with E-state index in [1.54, 1.807) is 8.61 Å². The van der Waals surface area contributed by atoms with Gasteiger partial charge in [0.05, 0.1) is 13.2 Å². The Morgan fingerprint density at radius 3 is 2.50 bits per heavy atom. The third kappa shape index (κ3) is 3.33. The maximum atomic E-state index is 12.8. The molecule has 1 heterocycles. The van der Waals surface area contributed by atoms with Crippen molar-refractivity contribution in [3.63, 3.8) is 0 Å². The number of hydrogen-bond donors (Lipinski definition) is 1. The fourth-order valence-electron chi connectivity index (χ4n) is 3.34. The lowest BCUT2D eigenvalue weighted by Crippen LogP contribution is -2.54. The predicted molar refractivity (Wildman–Crippen MR) is 78.5 cm³/mol. The number of nitrogens with zero attached hydrogens (tertiary/aromatic N) is 2. The summed E-state index contributed by atoms with van der Waals surface area (Å²) in [5.41, 5.74) is 5.85. The monoisotopic (exact) mass is 305 g/mol. The highest BCUT2D eigenvalue weighted by molar-refractivity contribution is 7.86. The van der Waals surface area contributed by atoms with E-state index in [-0.39, 0.29) is 6.04 Å². The molecular weight excluding hydrogens is 278 g/mol. The molecule has 1 saturated heterocycles. The van der Waals surface area contributed by atoms with Crippen molar-refractivity contribution in [3.05, 3.63) is 0 Å². The van der Waals surface area contributed by atoms with Crippen molar-refractivity contribution in [2.24, 2.45) is 11.7 Å². The maximum Gasteiger partial charge on any atom is 0.282 e. The smallest absolute Gasteiger partial charge is 0.282 e. The first kappa shape index (κ1) is 16.2. The second kappa shape index (κ2) is 7.17. The van der Waals surface area contributed by atoms with Crippen LogP contribution in [0.1, 0.15) is 32.6 Å². The Bertz CT molecular complexity index is 396. The fraction of sp³-hybridized carbons (Fsp3) is 1.00. The van der Waals surface area contributed by atoms with Gasteiger partial charge in [-0.25, -0.2) is 0 Å². The minimum Gasteiger partial charge on any atom is -0.379 e. The highest BCUT2D eigenvalue weighted by Gasteiger charge is 2.38. The molecule has 1 aliphatic heterocycles. The van der Waals surface area contributed by atoms with Crippen LogP contribution in [0.3, 0.4) is 0 Å². The highest BCUT2D eigenvalue weighted by Crippen LogP contribution is 2.30. The first-order chi connectivity index (χ1) is 9.61. The number of rotatable bonds is 5. The van der Waals surface area contributed by atoms with E-state index in [1.807, 2.05) is 6.92 Å². The van der Waals surface area contributed by atoms with Crippen LogP contribution >= 0.6 is 0 Å². The van der Waals surface area contributed by atoms with E-state index < -0.39 is 10.2 Å². The Kier molecular flexibility index (Phi) is 5.80. The molecule has 0 aromatic heterocycles. The quantitative estimate of drug-likeness (QED) is 0.798. The van der Waals surface area contributed by atoms with Gasteiger partial charge >= 0.3 is 0 Å². The molecule has 6 nitrogen and oxygen atoms in total. The lowest BCUT2D eigenvalue weighted by Gasteiger charge is -2.41. The molecule has 2 aliphatic rings. The van der Waals surface area contributed by atoms with Gasteiger partial charge in [0.1, 0.15) is 0 Å². The van der Waals surface area contributed by atoms with Gasteiger partial charge in [-0.1, -0.05) is 19.8 Å². The number of morpholine rings is 1. The van der Waals surface area contributed by atoms with Crippen molar-refractivity contribution in [2.45, 2.75) is 38.6 Å². The molecule has 0 spiro atoms. The molecule has 118 valence electrons. The minimum atomic E-state index is -3.39. The van der Waals surface area contributed by atoms with Gasteiger partial charge in [-0.2, -0.15) is 17.0 Å². The molecule has 1 aliphatic carbocycles. The lowest BCUT2D eigenvalue weighted by molar-refractivity contribution is 0.0673. The van der Waals surface area contributed by atoms with E-state index in [4.69, 9.17) is 10.5 Å². The Labute approximate surface area is 122 Å². The molecule has 0 aromatic carbocycles. The first-order valence-electron chi connectivity index (χ1n) is 7.66. The van der Waals surface area contributed by atoms with E-state index >= 15 is 0 Å². The maximum absolute atomic E-state index is 12.8. The predicted octanol–water partition coefficient (Wildman–Crippen LogP) is 0.403. The first-order valence-corrected chi connectivity index (χ1v) is 9.05. The SMILES string of the molecule is CCN(C1CCCCC1CN)S(=O)(=O)N1CCOCC1. The van der Waals surface area contributed by atoms with Crippen LogP contribution in [0.5, 0.6) is 0 Å². The summed E-state index contributed by atoms with van der Waals surface area (Å²) in [4.78, 5) is 0. The molecule has 0 aromatic rings. The summed E-state index contributed by atoms with van der Waals surface area (Å²) in [5, 5.41) is 0. The third-order valence-corrected chi connectivity index (χ3v) is 6.59. The highest BCUT2D eigenvalue weighted by atomic mass is 32.2. The Balaban J connectivity index is 2.16. The summed E-state index contributed by atoms with van der Waals surface area (Å²) in [7, 11) is -3.39. The van der Waals surface area contributed by atoms with Gasteiger partial charge < -0.3 is 10.5 Å². The van der Waals surface area contributed by atoms with E-state index in [2.05, 4.69) is 0 Å². The summed E-state index contributed by atoms with van der Waals surface area (Å²) in [6, 6.07) is 0.0617. The summed E-state index contributed by atoms with van der Waals surface area (Å²) in [6.07, 6.45) is 4.22. The molecule has 20 heavy (non-hydrogen) atoms. The van der Waals surface area contributed by atoms with Crippen molar-refractivity contribution in [2.75, 3.05) is 39.4 Å². The molecule has 0 bridgehead atoms. The van der Waals surface area contributed by atoms with Crippen molar-refractivity contribution in [1.29, 1.82) is 0 Å². The third-order valence-electron chi connectivity index (χ3n) is 4.45. The van der Waals surface area contributed by atoms with Gasteiger partial charge in [0.25, 0.3) is 10.2 Å². The second-order valence-corrected chi connectivity index (χ2v) is 7.45. The van der Waals surface area contributed by atoms with Crippen LogP contribution in [0.25, 0.3) is 0 Å². The van der Waals surface area contributed by atoms with Gasteiger partial charge in [-0.3, -0.25) is 0 Å². The van der Waals surface area contributed by atoms with Crippen LogP contribution in [0, 0.1) is 5.92 Å². The molecule has 0 radical (unpaired) electrons. The van der Waals surface area contributed by atoms with Crippen LogP contribution in [-0.4, -0.2) is 62.5 Å². The van der Waals surface area contributed by atoms with Crippen molar-refractivity contribution >= 4 is 10.2 Å². The Morgan fingerprint density at radius 2 is 1.90 bits per heavy atom. The van der Waals surface area contributed by atoms with Gasteiger partial charge in [0.15, 0.2) is 0 Å². The van der Waals surface area contributed by atoms with Gasteiger partial charge in [-0.05, 0) is 25.3 Å². The van der Waals surface area contributed by atoms with Gasteiger partial charge in [0, 0.05) is 25.7 Å². The average molecular weight is 305 g/mol. The van der Waals surface area contributed by atoms with E-state index in [0.29, 0.717) is 45.3 Å².